The molecule has 2 aliphatic heterocycles. The summed E-state index contributed by atoms with van der Waals surface area (Å²) in [7, 11) is -0.276. The van der Waals surface area contributed by atoms with Gasteiger partial charge in [0, 0.05) is 44.8 Å². The summed E-state index contributed by atoms with van der Waals surface area (Å²) >= 11 is 0. The molecular weight excluding hydrogens is 574 g/mol. The molecule has 1 aliphatic carbocycles. The molecule has 8 nitrogen and oxygen atoms in total. The number of aryl methyl sites for hydroxylation is 2. The van der Waals surface area contributed by atoms with Gasteiger partial charge in [0.25, 0.3) is 0 Å². The molecule has 1 atom stereocenters. The predicted octanol–water partition coefficient (Wildman–Crippen LogP) is 5.51. The highest BCUT2D eigenvalue weighted by molar-refractivity contribution is 7.89. The van der Waals surface area contributed by atoms with Crippen LogP contribution >= 0.6 is 0 Å². The number of likely N-dealkylation sites (N-methyl/N-ethyl adjacent to an activating group) is 1. The molecule has 0 radical (unpaired) electrons. The van der Waals surface area contributed by atoms with Crippen molar-refractivity contribution in [3.8, 4) is 5.75 Å². The van der Waals surface area contributed by atoms with E-state index in [-0.39, 0.29) is 30.7 Å². The van der Waals surface area contributed by atoms with E-state index in [1.54, 1.807) is 28.4 Å². The maximum Gasteiger partial charge on any atom is 0.248 e. The Bertz CT molecular complexity index is 1350. The lowest BCUT2D eigenvalue weighted by molar-refractivity contribution is -0.135. The standard InChI is InChI=1S/C35H51N3O5S/c1-27-23-32(42-4)24-28(2)34(27)44(40,41)38-21-9-8-13-31(38)25-43-26-33(39)36(3)22-16-29-14-17-35(18-15-29,37-19-10-20-37)30-11-6-5-7-12-30/h5-7,11-12,23-24,29,31H,8-10,13-22,25-26H2,1-4H3/t29?,31-,35?/m0/s1. The molecule has 2 saturated heterocycles. The van der Waals surface area contributed by atoms with Crippen molar-refractivity contribution in [2.24, 2.45) is 5.92 Å². The fraction of sp³-hybridized carbons (Fsp3) is 0.629. The molecule has 0 aromatic heterocycles. The van der Waals surface area contributed by atoms with E-state index in [0.29, 0.717) is 34.2 Å². The Morgan fingerprint density at radius 2 is 1.66 bits per heavy atom. The average molecular weight is 626 g/mol. The molecule has 9 heteroatoms. The summed E-state index contributed by atoms with van der Waals surface area (Å²) in [5.41, 5.74) is 2.99. The van der Waals surface area contributed by atoms with Crippen LogP contribution in [0.4, 0.5) is 0 Å². The maximum absolute atomic E-state index is 13.8. The second-order valence-corrected chi connectivity index (χ2v) is 15.0. The molecule has 1 amide bonds. The van der Waals surface area contributed by atoms with E-state index < -0.39 is 10.0 Å². The van der Waals surface area contributed by atoms with Crippen LogP contribution in [0.5, 0.6) is 5.75 Å². The number of benzene rings is 2. The van der Waals surface area contributed by atoms with Crippen molar-refractivity contribution >= 4 is 15.9 Å². The molecule has 3 aliphatic rings. The first-order chi connectivity index (χ1) is 21.2. The van der Waals surface area contributed by atoms with Crippen LogP contribution < -0.4 is 4.74 Å². The Morgan fingerprint density at radius 1 is 0.977 bits per heavy atom. The van der Waals surface area contributed by atoms with Crippen LogP contribution in [0.2, 0.25) is 0 Å². The van der Waals surface area contributed by atoms with Crippen molar-refractivity contribution < 1.29 is 22.7 Å². The van der Waals surface area contributed by atoms with Crippen LogP contribution in [0.15, 0.2) is 47.4 Å². The zero-order chi connectivity index (χ0) is 31.3. The number of likely N-dealkylation sites (tertiary alicyclic amines) is 1. The fourth-order valence-corrected chi connectivity index (χ4v) is 9.72. The molecule has 3 fully saturated rings. The lowest BCUT2D eigenvalue weighted by Crippen LogP contribution is -2.54. The van der Waals surface area contributed by atoms with Gasteiger partial charge >= 0.3 is 0 Å². The quantitative estimate of drug-likeness (QED) is 0.310. The number of ether oxygens (including phenoxy) is 2. The molecule has 0 N–H and O–H groups in total. The van der Waals surface area contributed by atoms with Crippen molar-refractivity contribution in [2.45, 2.75) is 88.1 Å². The number of methoxy groups -OCH3 is 1. The largest absolute Gasteiger partial charge is 0.497 e. The van der Waals surface area contributed by atoms with Crippen LogP contribution in [0, 0.1) is 19.8 Å². The topological polar surface area (TPSA) is 79.4 Å². The number of carbonyl (C=O) groups excluding carboxylic acids is 1. The molecule has 0 spiro atoms. The summed E-state index contributed by atoms with van der Waals surface area (Å²) in [6.07, 6.45) is 9.51. The van der Waals surface area contributed by atoms with Gasteiger partial charge in [0.15, 0.2) is 0 Å². The Kier molecular flexibility index (Phi) is 10.7. The normalized spacial score (nSPS) is 24.9. The van der Waals surface area contributed by atoms with Gasteiger partial charge in [-0.15, -0.1) is 0 Å². The number of nitrogens with zero attached hydrogens (tertiary/aromatic N) is 3. The number of hydrogen-bond donors (Lipinski definition) is 0. The number of sulfonamides is 1. The molecule has 242 valence electrons. The van der Waals surface area contributed by atoms with Gasteiger partial charge in [-0.2, -0.15) is 4.31 Å². The summed E-state index contributed by atoms with van der Waals surface area (Å²) in [4.78, 5) is 17.8. The van der Waals surface area contributed by atoms with E-state index in [0.717, 1.165) is 32.2 Å². The van der Waals surface area contributed by atoms with E-state index in [1.807, 2.05) is 20.9 Å². The van der Waals surface area contributed by atoms with Crippen LogP contribution in [0.3, 0.4) is 0 Å². The maximum atomic E-state index is 13.8. The summed E-state index contributed by atoms with van der Waals surface area (Å²) in [5, 5.41) is 0. The highest BCUT2D eigenvalue weighted by Crippen LogP contribution is 2.46. The van der Waals surface area contributed by atoms with E-state index in [1.165, 1.54) is 50.8 Å². The van der Waals surface area contributed by atoms with Crippen molar-refractivity contribution in [3.63, 3.8) is 0 Å². The second-order valence-electron chi connectivity index (χ2n) is 13.2. The van der Waals surface area contributed by atoms with Gasteiger partial charge < -0.3 is 14.4 Å². The molecule has 5 rings (SSSR count). The van der Waals surface area contributed by atoms with E-state index in [2.05, 4.69) is 35.2 Å². The molecule has 0 unspecified atom stereocenters. The number of rotatable bonds is 12. The predicted molar refractivity (Wildman–Crippen MR) is 173 cm³/mol. The highest BCUT2D eigenvalue weighted by atomic mass is 32.2. The van der Waals surface area contributed by atoms with Gasteiger partial charge in [0.2, 0.25) is 15.9 Å². The molecular formula is C35H51N3O5S. The van der Waals surface area contributed by atoms with Gasteiger partial charge in [0.1, 0.15) is 12.4 Å². The molecule has 0 bridgehead atoms. The number of hydrogen-bond acceptors (Lipinski definition) is 6. The van der Waals surface area contributed by atoms with Crippen LogP contribution in [-0.2, 0) is 25.1 Å². The lowest BCUT2D eigenvalue weighted by atomic mass is 9.70. The monoisotopic (exact) mass is 625 g/mol. The van der Waals surface area contributed by atoms with Crippen molar-refractivity contribution in [2.75, 3.05) is 53.6 Å². The van der Waals surface area contributed by atoms with Crippen LogP contribution in [-0.4, -0.2) is 88.0 Å². The Labute approximate surface area is 264 Å². The van der Waals surface area contributed by atoms with Gasteiger partial charge in [-0.25, -0.2) is 8.42 Å². The third kappa shape index (κ3) is 7.01. The molecule has 2 aromatic rings. The minimum atomic E-state index is -3.72. The average Bonchev–Trinajstić information content (AvgIpc) is 2.99. The van der Waals surface area contributed by atoms with Gasteiger partial charge in [-0.05, 0) is 100.0 Å². The third-order valence-electron chi connectivity index (χ3n) is 10.3. The van der Waals surface area contributed by atoms with E-state index in [9.17, 15) is 13.2 Å². The number of carbonyl (C=O) groups is 1. The first-order valence-electron chi connectivity index (χ1n) is 16.4. The second kappa shape index (κ2) is 14.3. The SMILES string of the molecule is COc1cc(C)c(S(=O)(=O)N2CCCC[C@H]2COCC(=O)N(C)CCC2CCC(c3ccccc3)(N3CCC3)CC2)c(C)c1. The lowest BCUT2D eigenvalue weighted by Gasteiger charge is -2.52. The van der Waals surface area contributed by atoms with E-state index >= 15 is 0 Å². The smallest absolute Gasteiger partial charge is 0.248 e. The summed E-state index contributed by atoms with van der Waals surface area (Å²) < 4.78 is 40.4. The number of amides is 1. The van der Waals surface area contributed by atoms with Gasteiger partial charge in [0.05, 0.1) is 18.6 Å². The summed E-state index contributed by atoms with van der Waals surface area (Å²) in [6, 6.07) is 14.3. The Balaban J connectivity index is 1.10. The van der Waals surface area contributed by atoms with Crippen molar-refractivity contribution in [1.29, 1.82) is 0 Å². The van der Waals surface area contributed by atoms with Crippen LogP contribution in [0.1, 0.15) is 74.5 Å². The molecule has 44 heavy (non-hydrogen) atoms. The Morgan fingerprint density at radius 3 is 2.27 bits per heavy atom. The number of piperidine rings is 1. The highest BCUT2D eigenvalue weighted by Gasteiger charge is 2.43. The fourth-order valence-electron chi connectivity index (χ4n) is 7.63. The minimum absolute atomic E-state index is 0.0295. The van der Waals surface area contributed by atoms with Crippen LogP contribution in [0.25, 0.3) is 0 Å². The Hall–Kier alpha value is -2.46. The summed E-state index contributed by atoms with van der Waals surface area (Å²) in [5.74, 6) is 1.22. The molecule has 2 heterocycles. The first kappa shape index (κ1) is 32.9. The minimum Gasteiger partial charge on any atom is -0.497 e. The van der Waals surface area contributed by atoms with Gasteiger partial charge in [-0.3, -0.25) is 9.69 Å². The summed E-state index contributed by atoms with van der Waals surface area (Å²) in [6.45, 7) is 7.38. The molecule has 1 saturated carbocycles. The van der Waals surface area contributed by atoms with Crippen molar-refractivity contribution in [1.82, 2.24) is 14.1 Å². The third-order valence-corrected chi connectivity index (χ3v) is 12.6. The zero-order valence-corrected chi connectivity index (χ0v) is 27.9. The molecule has 2 aromatic carbocycles. The van der Waals surface area contributed by atoms with E-state index in [4.69, 9.17) is 9.47 Å². The van der Waals surface area contributed by atoms with Gasteiger partial charge in [-0.1, -0.05) is 36.8 Å². The van der Waals surface area contributed by atoms with Crippen molar-refractivity contribution in [3.05, 3.63) is 59.2 Å². The first-order valence-corrected chi connectivity index (χ1v) is 17.9. The zero-order valence-electron chi connectivity index (χ0n) is 27.1.